The second kappa shape index (κ2) is 7.53. The van der Waals surface area contributed by atoms with Crippen LogP contribution >= 0.6 is 0 Å². The summed E-state index contributed by atoms with van der Waals surface area (Å²) in [4.78, 5) is 0. The fraction of sp³-hybridized carbons (Fsp3) is 0.571. The first kappa shape index (κ1) is 14.4. The molecule has 0 unspecified atom stereocenters. The Balaban J connectivity index is 1.64. The molecule has 0 amide bonds. The van der Waals surface area contributed by atoms with Crippen molar-refractivity contribution in [3.8, 4) is 5.75 Å². The van der Waals surface area contributed by atoms with Gasteiger partial charge in [-0.05, 0) is 30.4 Å². The lowest BCUT2D eigenvalue weighted by atomic mass is 9.80. The summed E-state index contributed by atoms with van der Waals surface area (Å²) in [5, 5.41) is 17.9. The molecule has 0 heterocycles. The zero-order valence-electron chi connectivity index (χ0n) is 11.1. The van der Waals surface area contributed by atoms with Gasteiger partial charge >= 0.3 is 7.12 Å². The average molecular weight is 264 g/mol. The van der Waals surface area contributed by atoms with Crippen LogP contribution in [0.15, 0.2) is 24.3 Å². The van der Waals surface area contributed by atoms with E-state index in [1.165, 1.54) is 32.1 Å². The van der Waals surface area contributed by atoms with Crippen LogP contribution in [0.25, 0.3) is 0 Å². The lowest BCUT2D eigenvalue weighted by Gasteiger charge is -2.21. The Morgan fingerprint density at radius 3 is 2.32 bits per heavy atom. The van der Waals surface area contributed by atoms with Gasteiger partial charge in [-0.3, -0.25) is 0 Å². The van der Waals surface area contributed by atoms with Crippen molar-refractivity contribution in [1.29, 1.82) is 0 Å². The van der Waals surface area contributed by atoms with Crippen molar-refractivity contribution in [2.75, 3.05) is 13.2 Å². The molecule has 0 bridgehead atoms. The van der Waals surface area contributed by atoms with Crippen molar-refractivity contribution in [2.24, 2.45) is 0 Å². The van der Waals surface area contributed by atoms with Gasteiger partial charge in [0.1, 0.15) is 12.4 Å². The lowest BCUT2D eigenvalue weighted by Crippen LogP contribution is -2.29. The molecule has 0 aliphatic heterocycles. The van der Waals surface area contributed by atoms with E-state index >= 15 is 0 Å². The Kier molecular flexibility index (Phi) is 5.70. The molecule has 0 spiro atoms. The van der Waals surface area contributed by atoms with Crippen LogP contribution in [0.5, 0.6) is 5.75 Å². The van der Waals surface area contributed by atoms with Gasteiger partial charge < -0.3 is 19.5 Å². The van der Waals surface area contributed by atoms with Crippen LogP contribution in [0.3, 0.4) is 0 Å². The third-order valence-electron chi connectivity index (χ3n) is 3.44. The van der Waals surface area contributed by atoms with Gasteiger partial charge in [0, 0.05) is 0 Å². The molecular weight excluding hydrogens is 243 g/mol. The highest BCUT2D eigenvalue weighted by Gasteiger charge is 2.13. The van der Waals surface area contributed by atoms with Gasteiger partial charge in [0.25, 0.3) is 0 Å². The van der Waals surface area contributed by atoms with E-state index in [0.29, 0.717) is 24.8 Å². The topological polar surface area (TPSA) is 58.9 Å². The molecule has 0 atom stereocenters. The predicted molar refractivity (Wildman–Crippen MR) is 74.6 cm³/mol. The molecule has 1 saturated carbocycles. The number of rotatable bonds is 6. The summed E-state index contributed by atoms with van der Waals surface area (Å²) < 4.78 is 11.3. The summed E-state index contributed by atoms with van der Waals surface area (Å²) in [6.07, 6.45) is 6.63. The zero-order valence-corrected chi connectivity index (χ0v) is 11.1. The minimum absolute atomic E-state index is 0.407. The van der Waals surface area contributed by atoms with Gasteiger partial charge in [-0.15, -0.1) is 0 Å². The Morgan fingerprint density at radius 2 is 1.68 bits per heavy atom. The van der Waals surface area contributed by atoms with Crippen molar-refractivity contribution in [1.82, 2.24) is 0 Å². The molecule has 4 nitrogen and oxygen atoms in total. The van der Waals surface area contributed by atoms with Crippen molar-refractivity contribution >= 4 is 12.6 Å². The fourth-order valence-electron chi connectivity index (χ4n) is 2.34. The molecule has 104 valence electrons. The maximum atomic E-state index is 8.97. The molecule has 0 radical (unpaired) electrons. The van der Waals surface area contributed by atoms with Gasteiger partial charge in [-0.2, -0.15) is 0 Å². The highest BCUT2D eigenvalue weighted by atomic mass is 16.5. The van der Waals surface area contributed by atoms with E-state index < -0.39 is 7.12 Å². The predicted octanol–water partition coefficient (Wildman–Crippen LogP) is 1.09. The van der Waals surface area contributed by atoms with Crippen LogP contribution in [-0.4, -0.2) is 36.5 Å². The summed E-state index contributed by atoms with van der Waals surface area (Å²) in [5.74, 6) is 0.719. The first-order valence-corrected chi connectivity index (χ1v) is 6.96. The number of benzene rings is 1. The molecule has 1 aromatic rings. The first-order valence-electron chi connectivity index (χ1n) is 6.96. The average Bonchev–Trinajstić information content (AvgIpc) is 2.45. The van der Waals surface area contributed by atoms with Crippen molar-refractivity contribution in [3.05, 3.63) is 24.3 Å². The van der Waals surface area contributed by atoms with E-state index in [4.69, 9.17) is 19.5 Å². The maximum Gasteiger partial charge on any atom is 0.488 e. The smallest absolute Gasteiger partial charge is 0.488 e. The third kappa shape index (κ3) is 4.86. The second-order valence-corrected chi connectivity index (χ2v) is 4.92. The Labute approximate surface area is 114 Å². The monoisotopic (exact) mass is 264 g/mol. The molecule has 1 aliphatic rings. The van der Waals surface area contributed by atoms with Gasteiger partial charge in [0.15, 0.2) is 0 Å². The van der Waals surface area contributed by atoms with Crippen molar-refractivity contribution in [2.45, 2.75) is 38.2 Å². The summed E-state index contributed by atoms with van der Waals surface area (Å²) in [5.41, 5.74) is 0.464. The summed E-state index contributed by atoms with van der Waals surface area (Å²) in [6.45, 7) is 1.13. The largest absolute Gasteiger partial charge is 0.491 e. The number of hydrogen-bond donors (Lipinski definition) is 2. The summed E-state index contributed by atoms with van der Waals surface area (Å²) in [6, 6.07) is 6.74. The molecule has 1 fully saturated rings. The quantitative estimate of drug-likeness (QED) is 0.596. The van der Waals surface area contributed by atoms with Crippen molar-refractivity contribution < 1.29 is 19.5 Å². The molecule has 0 aromatic heterocycles. The van der Waals surface area contributed by atoms with Gasteiger partial charge in [0.2, 0.25) is 0 Å². The van der Waals surface area contributed by atoms with Crippen LogP contribution in [0.4, 0.5) is 0 Å². The molecule has 2 N–H and O–H groups in total. The van der Waals surface area contributed by atoms with E-state index in [0.717, 1.165) is 5.75 Å². The molecular formula is C14H21BO4. The molecule has 19 heavy (non-hydrogen) atoms. The third-order valence-corrected chi connectivity index (χ3v) is 3.44. The van der Waals surface area contributed by atoms with Crippen LogP contribution in [0, 0.1) is 0 Å². The van der Waals surface area contributed by atoms with Crippen LogP contribution < -0.4 is 10.2 Å². The highest BCUT2D eigenvalue weighted by Crippen LogP contribution is 2.20. The second-order valence-electron chi connectivity index (χ2n) is 4.92. The number of ether oxygens (including phenoxy) is 2. The lowest BCUT2D eigenvalue weighted by molar-refractivity contribution is 0.0129. The SMILES string of the molecule is OB(O)c1ccc(OCCOC2CCCCC2)cc1. The van der Waals surface area contributed by atoms with Crippen molar-refractivity contribution in [3.63, 3.8) is 0 Å². The van der Waals surface area contributed by atoms with E-state index in [1.54, 1.807) is 24.3 Å². The minimum atomic E-state index is -1.43. The van der Waals surface area contributed by atoms with E-state index in [-0.39, 0.29) is 0 Å². The normalized spacial score (nSPS) is 16.3. The Hall–Kier alpha value is -1.04. The summed E-state index contributed by atoms with van der Waals surface area (Å²) >= 11 is 0. The van der Waals surface area contributed by atoms with E-state index in [2.05, 4.69) is 0 Å². The van der Waals surface area contributed by atoms with E-state index in [1.807, 2.05) is 0 Å². The van der Waals surface area contributed by atoms with E-state index in [9.17, 15) is 0 Å². The van der Waals surface area contributed by atoms with Gasteiger partial charge in [-0.1, -0.05) is 31.4 Å². The van der Waals surface area contributed by atoms with Crippen LogP contribution in [0.1, 0.15) is 32.1 Å². The van der Waals surface area contributed by atoms with Gasteiger partial charge in [-0.25, -0.2) is 0 Å². The molecule has 1 aromatic carbocycles. The summed E-state index contributed by atoms with van der Waals surface area (Å²) in [7, 11) is -1.43. The molecule has 0 saturated heterocycles. The molecule has 1 aliphatic carbocycles. The minimum Gasteiger partial charge on any atom is -0.491 e. The maximum absolute atomic E-state index is 8.97. The van der Waals surface area contributed by atoms with Crippen LogP contribution in [-0.2, 0) is 4.74 Å². The standard InChI is InChI=1S/C14H21BO4/c16-15(17)12-6-8-14(9-7-12)19-11-10-18-13-4-2-1-3-5-13/h6-9,13,16-17H,1-5,10-11H2. The van der Waals surface area contributed by atoms with Crippen LogP contribution in [0.2, 0.25) is 0 Å². The zero-order chi connectivity index (χ0) is 13.5. The molecule has 5 heteroatoms. The Morgan fingerprint density at radius 1 is 1.00 bits per heavy atom. The first-order chi connectivity index (χ1) is 9.25. The number of hydrogen-bond acceptors (Lipinski definition) is 4. The fourth-order valence-corrected chi connectivity index (χ4v) is 2.34. The highest BCUT2D eigenvalue weighted by molar-refractivity contribution is 6.58. The molecule has 2 rings (SSSR count). The van der Waals surface area contributed by atoms with Gasteiger partial charge in [0.05, 0.1) is 12.7 Å². The Bertz CT molecular complexity index is 360.